The predicted octanol–water partition coefficient (Wildman–Crippen LogP) is 3.52. The number of halogens is 2. The van der Waals surface area contributed by atoms with Crippen LogP contribution in [0, 0.1) is 5.82 Å². The normalized spacial score (nSPS) is 11.4. The summed E-state index contributed by atoms with van der Waals surface area (Å²) in [5, 5.41) is 2.94. The summed E-state index contributed by atoms with van der Waals surface area (Å²) in [6.07, 6.45) is 0. The molecule has 0 bridgehead atoms. The average Bonchev–Trinajstić information content (AvgIpc) is 2.41. The molecule has 0 aromatic heterocycles. The lowest BCUT2D eigenvalue weighted by Gasteiger charge is -2.05. The number of benzene rings is 2. The minimum Gasteiger partial charge on any atom is -0.370 e. The number of nitrogens with two attached hydrogens (primary N) is 1. The van der Waals surface area contributed by atoms with Crippen molar-refractivity contribution in [2.75, 3.05) is 5.32 Å². The number of anilines is 1. The van der Waals surface area contributed by atoms with Crippen LogP contribution in [0.2, 0.25) is 0 Å². The molecule has 2 aromatic rings. The molecule has 5 heteroatoms. The zero-order valence-corrected chi connectivity index (χ0v) is 11.7. The molecule has 98 valence electrons. The molecule has 3 nitrogen and oxygen atoms in total. The van der Waals surface area contributed by atoms with Crippen molar-refractivity contribution >= 4 is 27.6 Å². The second kappa shape index (κ2) is 6.33. The lowest BCUT2D eigenvalue weighted by atomic mass is 10.2. The molecule has 0 aliphatic carbocycles. The van der Waals surface area contributed by atoms with Crippen molar-refractivity contribution in [2.24, 2.45) is 10.7 Å². The third-order valence-corrected chi connectivity index (χ3v) is 2.97. The van der Waals surface area contributed by atoms with Crippen molar-refractivity contribution < 1.29 is 4.39 Å². The summed E-state index contributed by atoms with van der Waals surface area (Å²) in [4.78, 5) is 4.11. The third-order valence-electron chi connectivity index (χ3n) is 2.47. The third kappa shape index (κ3) is 4.06. The van der Waals surface area contributed by atoms with E-state index in [0.29, 0.717) is 5.56 Å². The fourth-order valence-electron chi connectivity index (χ4n) is 1.54. The smallest absolute Gasteiger partial charge is 0.193 e. The molecule has 3 N–H and O–H groups in total. The standard InChI is InChI=1S/C14H13BrFN3/c15-11-6-7-13(16)10(8-11)9-18-14(17)19-12-4-2-1-3-5-12/h1-8H,9H2,(H3,17,18,19). The van der Waals surface area contributed by atoms with Crippen molar-refractivity contribution in [2.45, 2.75) is 6.54 Å². The van der Waals surface area contributed by atoms with Gasteiger partial charge in [0, 0.05) is 15.7 Å². The van der Waals surface area contributed by atoms with Gasteiger partial charge in [0.2, 0.25) is 0 Å². The van der Waals surface area contributed by atoms with Gasteiger partial charge >= 0.3 is 0 Å². The summed E-state index contributed by atoms with van der Waals surface area (Å²) >= 11 is 3.30. The van der Waals surface area contributed by atoms with Gasteiger partial charge in [-0.3, -0.25) is 0 Å². The van der Waals surface area contributed by atoms with Crippen molar-refractivity contribution in [3.05, 3.63) is 64.4 Å². The Bertz CT molecular complexity index is 584. The monoisotopic (exact) mass is 321 g/mol. The first-order valence-electron chi connectivity index (χ1n) is 5.71. The van der Waals surface area contributed by atoms with Crippen LogP contribution in [0.4, 0.5) is 10.1 Å². The minimum atomic E-state index is -0.292. The highest BCUT2D eigenvalue weighted by molar-refractivity contribution is 9.10. The molecule has 0 atom stereocenters. The molecule has 0 saturated heterocycles. The Kier molecular flexibility index (Phi) is 4.52. The first-order valence-corrected chi connectivity index (χ1v) is 6.50. The summed E-state index contributed by atoms with van der Waals surface area (Å²) in [5.74, 6) is -0.0370. The van der Waals surface area contributed by atoms with Gasteiger partial charge in [0.1, 0.15) is 5.82 Å². The minimum absolute atomic E-state index is 0.191. The van der Waals surface area contributed by atoms with Crippen LogP contribution >= 0.6 is 15.9 Å². The Labute approximate surface area is 119 Å². The summed E-state index contributed by atoms with van der Waals surface area (Å²) in [6, 6.07) is 14.2. The summed E-state index contributed by atoms with van der Waals surface area (Å²) in [5.41, 5.74) is 7.08. The molecule has 0 aliphatic rings. The number of hydrogen-bond acceptors (Lipinski definition) is 1. The lowest BCUT2D eigenvalue weighted by Crippen LogP contribution is -2.22. The molecule has 0 unspecified atom stereocenters. The van der Waals surface area contributed by atoms with Crippen LogP contribution in [0.15, 0.2) is 58.0 Å². The summed E-state index contributed by atoms with van der Waals surface area (Å²) < 4.78 is 14.3. The first-order chi connectivity index (χ1) is 9.15. The number of rotatable bonds is 3. The Morgan fingerprint density at radius 3 is 2.68 bits per heavy atom. The van der Waals surface area contributed by atoms with E-state index in [1.54, 1.807) is 12.1 Å². The van der Waals surface area contributed by atoms with E-state index in [-0.39, 0.29) is 18.3 Å². The van der Waals surface area contributed by atoms with Gasteiger partial charge < -0.3 is 11.1 Å². The van der Waals surface area contributed by atoms with Gasteiger partial charge in [-0.15, -0.1) is 0 Å². The van der Waals surface area contributed by atoms with Crippen molar-refractivity contribution in [1.82, 2.24) is 0 Å². The highest BCUT2D eigenvalue weighted by atomic mass is 79.9. The van der Waals surface area contributed by atoms with Gasteiger partial charge in [-0.1, -0.05) is 34.1 Å². The molecule has 0 spiro atoms. The molecule has 19 heavy (non-hydrogen) atoms. The van der Waals surface area contributed by atoms with Gasteiger partial charge in [-0.25, -0.2) is 9.38 Å². The van der Waals surface area contributed by atoms with Gasteiger partial charge in [0.15, 0.2) is 5.96 Å². The summed E-state index contributed by atoms with van der Waals surface area (Å²) in [7, 11) is 0. The Balaban J connectivity index is 2.04. The van der Waals surface area contributed by atoms with Crippen molar-refractivity contribution in [1.29, 1.82) is 0 Å². The van der Waals surface area contributed by atoms with Crippen LogP contribution in [-0.2, 0) is 6.54 Å². The Morgan fingerprint density at radius 2 is 1.95 bits per heavy atom. The SMILES string of the molecule is NC(=NCc1cc(Br)ccc1F)Nc1ccccc1. The number of aliphatic imine (C=N–C) groups is 1. The fourth-order valence-corrected chi connectivity index (χ4v) is 1.95. The van der Waals surface area contributed by atoms with E-state index in [9.17, 15) is 4.39 Å². The van der Waals surface area contributed by atoms with Crippen LogP contribution in [-0.4, -0.2) is 5.96 Å². The van der Waals surface area contributed by atoms with E-state index in [0.717, 1.165) is 10.2 Å². The average molecular weight is 322 g/mol. The van der Waals surface area contributed by atoms with E-state index >= 15 is 0 Å². The predicted molar refractivity (Wildman–Crippen MR) is 79.5 cm³/mol. The van der Waals surface area contributed by atoms with Crippen LogP contribution in [0.3, 0.4) is 0 Å². The second-order valence-electron chi connectivity index (χ2n) is 3.93. The van der Waals surface area contributed by atoms with E-state index in [1.165, 1.54) is 6.07 Å². The quantitative estimate of drug-likeness (QED) is 0.671. The zero-order valence-electron chi connectivity index (χ0n) is 10.1. The molecule has 0 heterocycles. The second-order valence-corrected chi connectivity index (χ2v) is 4.84. The molecule has 0 amide bonds. The summed E-state index contributed by atoms with van der Waals surface area (Å²) in [6.45, 7) is 0.191. The van der Waals surface area contributed by atoms with E-state index < -0.39 is 0 Å². The zero-order chi connectivity index (χ0) is 13.7. The Hall–Kier alpha value is -1.88. The van der Waals surface area contributed by atoms with Crippen LogP contribution in [0.5, 0.6) is 0 Å². The lowest BCUT2D eigenvalue weighted by molar-refractivity contribution is 0.610. The van der Waals surface area contributed by atoms with Gasteiger partial charge in [0.25, 0.3) is 0 Å². The van der Waals surface area contributed by atoms with Crippen molar-refractivity contribution in [3.8, 4) is 0 Å². The van der Waals surface area contributed by atoms with Crippen LogP contribution < -0.4 is 11.1 Å². The molecular formula is C14H13BrFN3. The largest absolute Gasteiger partial charge is 0.370 e. The molecule has 0 fully saturated rings. The molecule has 2 aromatic carbocycles. The van der Waals surface area contributed by atoms with E-state index in [1.807, 2.05) is 30.3 Å². The molecular weight excluding hydrogens is 309 g/mol. The first kappa shape index (κ1) is 13.5. The van der Waals surface area contributed by atoms with E-state index in [2.05, 4.69) is 26.2 Å². The number of hydrogen-bond donors (Lipinski definition) is 2. The van der Waals surface area contributed by atoms with Gasteiger partial charge in [0.05, 0.1) is 6.54 Å². The van der Waals surface area contributed by atoms with E-state index in [4.69, 9.17) is 5.73 Å². The highest BCUT2D eigenvalue weighted by Crippen LogP contribution is 2.16. The molecule has 0 aliphatic heterocycles. The number of nitrogens with zero attached hydrogens (tertiary/aromatic N) is 1. The van der Waals surface area contributed by atoms with Gasteiger partial charge in [-0.2, -0.15) is 0 Å². The number of para-hydroxylation sites is 1. The highest BCUT2D eigenvalue weighted by Gasteiger charge is 2.02. The Morgan fingerprint density at radius 1 is 1.21 bits per heavy atom. The maximum atomic E-state index is 13.5. The molecule has 0 radical (unpaired) electrons. The topological polar surface area (TPSA) is 50.4 Å². The van der Waals surface area contributed by atoms with Gasteiger partial charge in [-0.05, 0) is 30.3 Å². The fraction of sp³-hybridized carbons (Fsp3) is 0.0714. The maximum Gasteiger partial charge on any atom is 0.193 e. The number of guanidine groups is 1. The van der Waals surface area contributed by atoms with Crippen LogP contribution in [0.1, 0.15) is 5.56 Å². The van der Waals surface area contributed by atoms with Crippen molar-refractivity contribution in [3.63, 3.8) is 0 Å². The molecule has 0 saturated carbocycles. The van der Waals surface area contributed by atoms with Crippen LogP contribution in [0.25, 0.3) is 0 Å². The molecule has 2 rings (SSSR count). The number of nitrogens with one attached hydrogen (secondary N) is 1. The maximum absolute atomic E-state index is 13.5.